The normalized spacial score (nSPS) is 11.3. The average Bonchev–Trinajstić information content (AvgIpc) is 2.91. The van der Waals surface area contributed by atoms with E-state index in [1.54, 1.807) is 52.6 Å². The van der Waals surface area contributed by atoms with Crippen LogP contribution in [-0.2, 0) is 0 Å². The molecule has 0 aliphatic rings. The number of aromatic nitrogens is 3. The Morgan fingerprint density at radius 1 is 1.03 bits per heavy atom. The fraction of sp³-hybridized carbons (Fsp3) is 0.111. The summed E-state index contributed by atoms with van der Waals surface area (Å²) in [5.74, 6) is -1.18. The molecule has 0 aliphatic heterocycles. The average molecular weight is 646 g/mol. The van der Waals surface area contributed by atoms with Gasteiger partial charge in [0.05, 0.1) is 11.3 Å². The van der Waals surface area contributed by atoms with Gasteiger partial charge in [0.25, 0.3) is 0 Å². The predicted molar refractivity (Wildman–Crippen MR) is 141 cm³/mol. The second-order valence-corrected chi connectivity index (χ2v) is 11.6. The Morgan fingerprint density at radius 3 is 2.47 bits per heavy atom. The number of fused-ring (bicyclic) bond motifs is 3. The number of nitrogens with one attached hydrogen (secondary N) is 2. The first-order chi connectivity index (χ1) is 18.4. The number of pyridine rings is 1. The molecule has 0 saturated carbocycles. The zero-order valence-corrected chi connectivity index (χ0v) is 23.2. The van der Waals surface area contributed by atoms with Gasteiger partial charge in [0.1, 0.15) is 11.6 Å². The fourth-order valence-electron chi connectivity index (χ4n) is 3.94. The molecule has 0 fully saturated rings. The zero-order valence-electron chi connectivity index (χ0n) is 20.3. The van der Waals surface area contributed by atoms with Crippen LogP contribution in [0.4, 0.5) is 20.4 Å². The molecule has 11 heteroatoms. The molecule has 0 aliphatic carbocycles. The van der Waals surface area contributed by atoms with Crippen LogP contribution in [0, 0.1) is 11.6 Å². The number of carbonyl (C=O) groups excluding carboxylic acids is 1. The second-order valence-electron chi connectivity index (χ2n) is 8.27. The molecule has 3 aromatic carbocycles. The third-order valence-corrected chi connectivity index (χ3v) is 8.53. The number of alkyl halides is 1. The quantitative estimate of drug-likeness (QED) is 0.0932. The van der Waals surface area contributed by atoms with Crippen LogP contribution in [0.15, 0.2) is 66.9 Å². The van der Waals surface area contributed by atoms with Crippen molar-refractivity contribution in [3.05, 3.63) is 89.1 Å². The monoisotopic (exact) mass is 645 g/mol. The van der Waals surface area contributed by atoms with Gasteiger partial charge in [0, 0.05) is 5.02 Å². The minimum absolute atomic E-state index is 0.0279. The Kier molecular flexibility index (Phi) is 7.63. The summed E-state index contributed by atoms with van der Waals surface area (Å²) < 4.78 is 31.9. The molecule has 1 amide bonds. The van der Waals surface area contributed by atoms with E-state index in [0.717, 1.165) is 4.55 Å². The van der Waals surface area contributed by atoms with Crippen molar-refractivity contribution in [1.82, 2.24) is 23.4 Å². The summed E-state index contributed by atoms with van der Waals surface area (Å²) in [7, 11) is 3.67. The number of hydrogen-bond donors (Lipinski definition) is 2. The maximum atomic E-state index is 14.7. The van der Waals surface area contributed by atoms with Crippen molar-refractivity contribution in [2.75, 3.05) is 24.0 Å². The van der Waals surface area contributed by atoms with E-state index in [0.29, 0.717) is 44.0 Å². The summed E-state index contributed by atoms with van der Waals surface area (Å²) in [5, 5.41) is 7.70. The molecule has 194 valence electrons. The molecule has 0 bridgehead atoms. The summed E-state index contributed by atoms with van der Waals surface area (Å²) in [6.07, 6.45) is 1.50. The predicted octanol–water partition coefficient (Wildman–Crippen LogP) is 2.77. The van der Waals surface area contributed by atoms with Crippen molar-refractivity contribution in [2.24, 2.45) is 0 Å². The molecule has 7 nitrogen and oxygen atoms in total. The van der Waals surface area contributed by atoms with E-state index in [-0.39, 0.29) is 17.2 Å². The van der Waals surface area contributed by atoms with Crippen LogP contribution < -0.4 is 32.1 Å². The molecule has 0 radical (unpaired) electrons. The third kappa shape index (κ3) is 5.24. The van der Waals surface area contributed by atoms with Gasteiger partial charge in [-0.1, -0.05) is 17.7 Å². The summed E-state index contributed by atoms with van der Waals surface area (Å²) >= 11 is 5.81. The number of rotatable bonds is 7. The molecule has 2 N–H and O–H groups in total. The standard InChI is InChI=1S/C27H21ClF2IN6O/c1-32-14-31-37(2)26(38)15-6-9-17(10-7-15)34-27-33-13-22-24(36-27)18-11-8-16(28)12-19(18)25(35-22)23-20(29)4-3-5-21(23)30/h3-13,32H,14H2,1-2H3,(H,33,34,36)/q-1. The Hall–Kier alpha value is -3.48. The number of halogens is 4. The molecule has 2 heterocycles. The van der Waals surface area contributed by atoms with Crippen LogP contribution in [-0.4, -0.2) is 42.6 Å². The van der Waals surface area contributed by atoms with Crippen LogP contribution >= 0.6 is 11.6 Å². The van der Waals surface area contributed by atoms with Gasteiger partial charge < -0.3 is 0 Å². The summed E-state index contributed by atoms with van der Waals surface area (Å²) in [4.78, 5) is 26.1. The summed E-state index contributed by atoms with van der Waals surface area (Å²) in [6.45, 7) is 0. The second kappa shape index (κ2) is 11.1. The van der Waals surface area contributed by atoms with Crippen molar-refractivity contribution in [3.63, 3.8) is 0 Å². The molecule has 5 aromatic rings. The summed E-state index contributed by atoms with van der Waals surface area (Å²) in [5.41, 5.74) is 2.04. The van der Waals surface area contributed by atoms with Gasteiger partial charge in [-0.15, -0.1) is 0 Å². The van der Waals surface area contributed by atoms with Crippen molar-refractivity contribution in [2.45, 2.75) is 0 Å². The van der Waals surface area contributed by atoms with Gasteiger partial charge >= 0.3 is 155 Å². The molecule has 0 unspecified atom stereocenters. The van der Waals surface area contributed by atoms with Gasteiger partial charge in [0.2, 0.25) is 0 Å². The maximum absolute atomic E-state index is 14.7. The first kappa shape index (κ1) is 26.1. The van der Waals surface area contributed by atoms with E-state index in [4.69, 9.17) is 11.6 Å². The summed E-state index contributed by atoms with van der Waals surface area (Å²) in [6, 6.07) is 15.8. The minimum atomic E-state index is -0.727. The Balaban J connectivity index is 1.51. The van der Waals surface area contributed by atoms with Crippen molar-refractivity contribution in [1.29, 1.82) is 0 Å². The third-order valence-electron chi connectivity index (χ3n) is 5.73. The van der Waals surface area contributed by atoms with E-state index in [9.17, 15) is 13.6 Å². The van der Waals surface area contributed by atoms with Crippen molar-refractivity contribution >= 4 is 50.9 Å². The molecule has 0 spiro atoms. The van der Waals surface area contributed by atoms with E-state index in [1.807, 2.05) is 7.05 Å². The van der Waals surface area contributed by atoms with Crippen molar-refractivity contribution < 1.29 is 35.1 Å². The fourth-order valence-corrected chi connectivity index (χ4v) is 5.55. The van der Waals surface area contributed by atoms with Gasteiger partial charge in [-0.3, -0.25) is 0 Å². The van der Waals surface area contributed by atoms with Gasteiger partial charge in [0.15, 0.2) is 0 Å². The number of amides is 1. The molecule has 0 saturated heterocycles. The topological polar surface area (TPSA) is 83.0 Å². The van der Waals surface area contributed by atoms with E-state index in [1.165, 1.54) is 24.4 Å². The first-order valence-electron chi connectivity index (χ1n) is 11.5. The van der Waals surface area contributed by atoms with Gasteiger partial charge in [-0.25, -0.2) is 8.78 Å². The van der Waals surface area contributed by atoms with E-state index >= 15 is 0 Å². The molecule has 5 rings (SSSR count). The van der Waals surface area contributed by atoms with Crippen molar-refractivity contribution in [3.8, 4) is 11.3 Å². The molecule has 2 aromatic heterocycles. The van der Waals surface area contributed by atoms with Crippen LogP contribution in [0.2, 0.25) is 5.02 Å². The zero-order chi connectivity index (χ0) is 26.8. The molecule has 0 atom stereocenters. The molecular formula is C27H21ClF2IN6O-. The molecule has 38 heavy (non-hydrogen) atoms. The Labute approximate surface area is 232 Å². The Bertz CT molecular complexity index is 1650. The number of hydrogen-bond acceptors (Lipinski definition) is 6. The van der Waals surface area contributed by atoms with Crippen LogP contribution in [0.25, 0.3) is 33.1 Å². The van der Waals surface area contributed by atoms with E-state index in [2.05, 4.69) is 25.6 Å². The van der Waals surface area contributed by atoms with E-state index < -0.39 is 33.1 Å². The number of benzene rings is 3. The number of carbonyl (C=O) groups is 1. The van der Waals surface area contributed by atoms with Crippen LogP contribution in [0.1, 0.15) is 10.4 Å². The first-order valence-corrected chi connectivity index (χ1v) is 14.3. The SMILES string of the molecule is CNC[I-]N(C)C(=O)c1ccc(Nc2ncc3nc(-c4c(F)cccc4F)c4cc(Cl)ccc4c3n2)cc1. The van der Waals surface area contributed by atoms with Crippen LogP contribution in [0.3, 0.4) is 0 Å². The number of anilines is 2. The molecular weight excluding hydrogens is 625 g/mol. The van der Waals surface area contributed by atoms with Gasteiger partial charge in [-0.2, -0.15) is 0 Å². The Morgan fingerprint density at radius 2 is 1.76 bits per heavy atom. The van der Waals surface area contributed by atoms with Gasteiger partial charge in [-0.05, 0) is 24.3 Å². The van der Waals surface area contributed by atoms with Crippen LogP contribution in [0.5, 0.6) is 0 Å². The number of nitrogens with zero attached hydrogens (tertiary/aromatic N) is 4.